The number of thioether (sulfide) groups is 2. The Labute approximate surface area is 796 Å². The molecule has 0 saturated carbocycles. The molecule has 123 heavy (non-hydrogen) atoms. The molecule has 53 heteroatoms. The van der Waals surface area contributed by atoms with Crippen LogP contribution in [0.15, 0.2) is 12.2 Å². The number of carboxylic acid groups (broad SMARTS) is 8. The Bertz CT molecular complexity index is 3260. The average molecular weight is 2360 g/mol. The van der Waals surface area contributed by atoms with E-state index in [0.29, 0.717) is 12.3 Å². The maximum absolute atomic E-state index is 11.7. The van der Waals surface area contributed by atoms with E-state index in [-0.39, 0.29) is 135 Å². The van der Waals surface area contributed by atoms with Gasteiger partial charge in [0.05, 0.1) is 175 Å². The molecule has 0 fully saturated rings. The quantitative estimate of drug-likeness (QED) is 0.00492. The molecule has 0 aliphatic carbocycles. The number of carbonyl (C=O) groups excluding carboxylic acids is 10. The van der Waals surface area contributed by atoms with Gasteiger partial charge in [0.25, 0.3) is 20.2 Å². The van der Waals surface area contributed by atoms with Crippen molar-refractivity contribution in [3.8, 4) is 0 Å². The lowest BCUT2D eigenvalue weighted by molar-refractivity contribution is -0.454. The first-order chi connectivity index (χ1) is 56.2. The van der Waals surface area contributed by atoms with Crippen LogP contribution < -0.4 is 29.1 Å². The number of carboxylic acids is 8. The van der Waals surface area contributed by atoms with Crippen LogP contribution in [0, 0.1) is 46.3 Å². The highest BCUT2D eigenvalue weighted by atomic mass is 128. The normalized spacial score (nSPS) is 11.2. The first-order valence-electron chi connectivity index (χ1n) is 34.4. The van der Waals surface area contributed by atoms with E-state index in [1.807, 2.05) is 46.1 Å². The second-order valence-electron chi connectivity index (χ2n) is 25.4. The van der Waals surface area contributed by atoms with Crippen molar-refractivity contribution in [1.82, 2.24) is 4.90 Å². The van der Waals surface area contributed by atoms with Crippen molar-refractivity contribution < 1.29 is 227 Å². The van der Waals surface area contributed by atoms with Crippen LogP contribution in [0.2, 0.25) is 0 Å². The molecule has 0 aromatic rings. The summed E-state index contributed by atoms with van der Waals surface area (Å²) in [6, 6.07) is 0. The number of alkyl halides is 1. The van der Waals surface area contributed by atoms with Gasteiger partial charge in [0.15, 0.2) is 10.2 Å². The third kappa shape index (κ3) is 140. The van der Waals surface area contributed by atoms with Crippen LogP contribution in [-0.4, -0.2) is 332 Å². The van der Waals surface area contributed by atoms with Crippen LogP contribution in [0.25, 0.3) is 0 Å². The highest BCUT2D eigenvalue weighted by Gasteiger charge is 2.31. The lowest BCUT2D eigenvalue weighted by atomic mass is 9.99. The number of ether oxygens (including phenoxy) is 8. The fourth-order valence-corrected chi connectivity index (χ4v) is 9.41. The molecule has 0 aromatic heterocycles. The third-order valence-electron chi connectivity index (χ3n) is 10.8. The van der Waals surface area contributed by atoms with Crippen LogP contribution >= 0.6 is 109 Å². The van der Waals surface area contributed by atoms with Crippen molar-refractivity contribution >= 4 is 241 Å². The zero-order valence-electron chi connectivity index (χ0n) is 74.4. The predicted octanol–water partition coefficient (Wildman–Crippen LogP) is 2.74. The van der Waals surface area contributed by atoms with Crippen LogP contribution in [0.5, 0.6) is 0 Å². The Hall–Kier alpha value is -5.67. The summed E-state index contributed by atoms with van der Waals surface area (Å²) in [6.45, 7) is 20.9. The van der Waals surface area contributed by atoms with Gasteiger partial charge >= 0.3 is 95.5 Å². The van der Waals surface area contributed by atoms with Crippen molar-refractivity contribution in [2.75, 3.05) is 152 Å². The summed E-state index contributed by atoms with van der Waals surface area (Å²) >= 11 is 15.9. The maximum Gasteiger partial charge on any atom is 0.333 e. The smallest absolute Gasteiger partial charge is 0.333 e. The Morgan fingerprint density at radius 1 is 0.520 bits per heavy atom. The van der Waals surface area contributed by atoms with Crippen molar-refractivity contribution in [2.24, 2.45) is 46.3 Å². The molecule has 0 spiro atoms. The second kappa shape index (κ2) is 95.4. The van der Waals surface area contributed by atoms with Gasteiger partial charge in [0.1, 0.15) is 20.8 Å². The number of aliphatic carboxylic acids is 8. The standard InChI is InChI=1S/C11H20O7S.C8H15NO4.C8H12O5S.C7H12O4S.C6H10O4S.C6H10O4.C6H8O4.C6H14O3S.C5H8O4.C3H8N.C2H4OS.CH3I.CH3O.I2.HI.H2/c1-11(2,3)7-18-19(15,16)6-8(5-9(12)13)10(14)17-4;1-9(2)5-6(4-7(10)11)8(12)13-3;1-5(9)14-4-6(3-7(10)11)8(12)13-2;1-11-7(10)5(4-12-2)3-6(8)9;1-10-6(9)4(3-11)2-5(7)8;2*1-4(3-5(7)8)6(9)10-2;1-6(2,3)5-9-10(4,7)8;1-9-5(8)3-2-4(6)7;1-4(2)3;1-2(3)4;3*1-2;;/h8H,5-7H2,1-4H3,(H,12,13);6H,4-5H2,1-3H3,(H,10,11);6H,3-4H2,1-2H3,(H,10,11);5H,3-4H2,1-2H3,(H,8,9);4,11H,2-3H2,1H3,(H,7,8);4H,3H2,1-2H3,(H,7,8);1,3H2,2H3,(H,7,8);5H2,1-4H3;2-3H2,1H3,(H,6,7);1H2,2-3H3;1H3,(H,3,4);2*1H3;;2*1H/q;;;;;;;;;+1;;;-1;;;/p-1/i;;;;;1D;;;;;;;;;;1+1. The average Bonchev–Trinajstić information content (AvgIpc) is 0.863. The molecule has 0 aliphatic rings. The van der Waals surface area contributed by atoms with Crippen LogP contribution in [-0.2, 0) is 153 Å². The minimum atomic E-state index is -3.98. The van der Waals surface area contributed by atoms with Gasteiger partial charge in [-0.25, -0.2) is 9.37 Å². The van der Waals surface area contributed by atoms with E-state index in [0.717, 1.165) is 32.2 Å². The molecule has 0 aliphatic heterocycles. The van der Waals surface area contributed by atoms with Gasteiger partial charge in [0.2, 0.25) is 0 Å². The van der Waals surface area contributed by atoms with Gasteiger partial charge in [-0.05, 0) is 36.1 Å². The molecule has 0 saturated heterocycles. The minimum absolute atomic E-state index is 0. The summed E-state index contributed by atoms with van der Waals surface area (Å²) < 4.78 is 96.9. The van der Waals surface area contributed by atoms with Crippen molar-refractivity contribution in [2.45, 2.75) is 120 Å². The molecule has 6 unspecified atom stereocenters. The highest BCUT2D eigenvalue weighted by Crippen LogP contribution is 2.19. The number of methoxy groups -OCH3 is 8. The van der Waals surface area contributed by atoms with Crippen LogP contribution in [0.4, 0.5) is 0 Å². The Kier molecular flexibility index (Phi) is 115. The van der Waals surface area contributed by atoms with E-state index in [9.17, 15) is 103 Å². The summed E-state index contributed by atoms with van der Waals surface area (Å²) in [5, 5.41) is 74.8. The van der Waals surface area contributed by atoms with Gasteiger partial charge in [-0.3, -0.25) is 89.9 Å². The molecular formula is C70H129I4N2O41S6-. The van der Waals surface area contributed by atoms with E-state index in [1.165, 1.54) is 75.4 Å². The highest BCUT2D eigenvalue weighted by molar-refractivity contribution is 15.0. The van der Waals surface area contributed by atoms with E-state index in [4.69, 9.17) is 51.5 Å². The zero-order chi connectivity index (χ0) is 101. The fourth-order valence-electron chi connectivity index (χ4n) is 5.84. The van der Waals surface area contributed by atoms with Crippen molar-refractivity contribution in [3.05, 3.63) is 12.2 Å². The molecule has 730 valence electrons. The van der Waals surface area contributed by atoms with E-state index < -0.39 is 163 Å². The molecule has 0 amide bonds. The van der Waals surface area contributed by atoms with Crippen molar-refractivity contribution in [3.63, 3.8) is 0 Å². The molecule has 0 bridgehead atoms. The molecule has 6 atom stereocenters. The summed E-state index contributed by atoms with van der Waals surface area (Å²) in [4.78, 5) is 192. The summed E-state index contributed by atoms with van der Waals surface area (Å²) in [5.41, 5.74) is -0.501. The first kappa shape index (κ1) is 149. The Morgan fingerprint density at radius 2 is 0.821 bits per heavy atom. The fraction of sp³-hybridized carbons (Fsp3) is 0.700. The van der Waals surface area contributed by atoms with Crippen LogP contribution in [0.3, 0.4) is 0 Å². The van der Waals surface area contributed by atoms with Crippen molar-refractivity contribution in [1.29, 1.82) is 0 Å². The van der Waals surface area contributed by atoms with E-state index in [2.05, 4.69) is 140 Å². The molecule has 0 heterocycles. The van der Waals surface area contributed by atoms with Gasteiger partial charge in [-0.15, -0.1) is 12.6 Å². The number of hydrogen-bond acceptors (Lipinski definition) is 37. The van der Waals surface area contributed by atoms with E-state index >= 15 is 0 Å². The third-order valence-corrected chi connectivity index (χ3v) is 14.8. The van der Waals surface area contributed by atoms with E-state index in [1.54, 1.807) is 44.3 Å². The summed E-state index contributed by atoms with van der Waals surface area (Å²) in [5.74, 6) is -17.7. The largest absolute Gasteiger partial charge is 1.00 e. The second-order valence-corrected chi connectivity index (χ2v) is 31.8. The van der Waals surface area contributed by atoms with Crippen LogP contribution in [0.1, 0.15) is 123 Å². The Morgan fingerprint density at radius 3 is 1.07 bits per heavy atom. The lowest BCUT2D eigenvalue weighted by Crippen LogP contribution is -3.00. The molecule has 43 nitrogen and oxygen atoms in total. The zero-order valence-corrected chi connectivity index (χ0v) is 87.1. The Balaban J connectivity index is -0.0000000752. The number of rotatable bonds is 37. The minimum Gasteiger partial charge on any atom is -1.00 e. The number of esters is 8. The molecule has 0 radical (unpaired) electrons. The van der Waals surface area contributed by atoms with Gasteiger partial charge in [0, 0.05) is 83.3 Å². The first-order valence-corrected chi connectivity index (χ1v) is 49.0. The monoisotopic (exact) mass is 2360 g/mol. The van der Waals surface area contributed by atoms with Gasteiger partial charge < -0.3 is 113 Å². The maximum atomic E-state index is 11.7. The predicted molar refractivity (Wildman–Crippen MR) is 483 cm³/mol. The number of carbonyl (C=O) groups is 18. The molecule has 0 rings (SSSR count). The van der Waals surface area contributed by atoms with Gasteiger partial charge in [-0.2, -0.15) is 48.3 Å². The summed E-state index contributed by atoms with van der Waals surface area (Å²) in [6.07, 6.45) is 0.449. The van der Waals surface area contributed by atoms with Gasteiger partial charge in [-0.1, -0.05) is 89.4 Å². The SMILES string of the molecule is C=C(CC(=O)O)C(=O)OC.C=[N+](C)C.CC(=O)S.CC(C)(C)COS(C)(=O)=O.CI.COC(=O)C(CC(=O)O)CN(C)C.COC(=O)C(CC(=O)O)CS(=O)(=O)OCC(C)(C)C.COC(=O)C(CS)CC(=O)O.COC(=O)C(CSC(C)=O)CC(=O)O.COC(=O)C(CSC)CC(=O)O.COC(=O)CCC(=O)O.C[O-].II.[2HH].[2H]CC(CC(=O)O)C(=O)OC.[I-]. The molecule has 0 aromatic carbocycles. The number of nitrogens with zero attached hydrogens (tertiary/aromatic N) is 2. The number of halogens is 4. The number of thiol groups is 2. The molecule has 8 N–H and O–H groups in total. The topological polar surface area (TPSA) is 659 Å². The molecular weight excluding hydrogens is 2220 g/mol. The lowest BCUT2D eigenvalue weighted by Gasteiger charge is -2.19. The summed E-state index contributed by atoms with van der Waals surface area (Å²) in [7, 11) is 10.4. The number of hydrogen-bond donors (Lipinski definition) is 10.